The van der Waals surface area contributed by atoms with Gasteiger partial charge in [0, 0.05) is 6.04 Å². The van der Waals surface area contributed by atoms with Crippen LogP contribution >= 0.6 is 0 Å². The number of carbonyl (C=O) groups is 3. The number of hydrogen-bond donors (Lipinski definition) is 3. The molecule has 4 atom stereocenters. The molecule has 1 amide bonds. The number of alkyl carbamates (subject to hydrolysis) is 1. The number of amides is 1. The van der Waals surface area contributed by atoms with Crippen molar-refractivity contribution in [3.05, 3.63) is 0 Å². The fourth-order valence-corrected chi connectivity index (χ4v) is 2.62. The molecular formula is C14H24N2O5. The van der Waals surface area contributed by atoms with Gasteiger partial charge in [-0.2, -0.15) is 0 Å². The second-order valence-corrected chi connectivity index (χ2v) is 5.66. The normalized spacial score (nSPS) is 27.7. The number of carboxylic acid groups (broad SMARTS) is 1. The minimum atomic E-state index is -1.63. The number of ether oxygens (including phenoxy) is 1. The van der Waals surface area contributed by atoms with E-state index in [-0.39, 0.29) is 18.4 Å². The topological polar surface area (TPSA) is 105 Å². The van der Waals surface area contributed by atoms with Gasteiger partial charge in [0.25, 0.3) is 0 Å². The first-order valence-electron chi connectivity index (χ1n) is 7.18. The van der Waals surface area contributed by atoms with Gasteiger partial charge in [-0.25, -0.2) is 9.59 Å². The highest BCUT2D eigenvalue weighted by atomic mass is 16.5. The van der Waals surface area contributed by atoms with E-state index in [1.807, 2.05) is 13.8 Å². The van der Waals surface area contributed by atoms with Gasteiger partial charge in [0.1, 0.15) is 0 Å². The Morgan fingerprint density at radius 3 is 2.48 bits per heavy atom. The van der Waals surface area contributed by atoms with Gasteiger partial charge in [0.15, 0.2) is 11.3 Å². The standard InChI is InChI=1S/C14H24N2O5/c1-5-8(2)10(15-13(20)21-4)11(17)14(12(18)19)7-6-9(3)16-14/h8-10,16H,5-7H2,1-4H3,(H,15,20)(H,18,19)/t8-,9?,10?,14-/m0/s1. The van der Waals surface area contributed by atoms with Crippen LogP contribution in [0.1, 0.15) is 40.0 Å². The molecule has 1 aliphatic rings. The SMILES string of the molecule is CC[C@H](C)C(NC(=O)OC)C(=O)[C@]1(C(=O)O)CCC(C)N1. The van der Waals surface area contributed by atoms with Gasteiger partial charge in [0.05, 0.1) is 13.2 Å². The fourth-order valence-electron chi connectivity index (χ4n) is 2.62. The highest BCUT2D eigenvalue weighted by molar-refractivity contribution is 6.11. The Morgan fingerprint density at radius 1 is 1.48 bits per heavy atom. The summed E-state index contributed by atoms with van der Waals surface area (Å²) in [5.41, 5.74) is -1.63. The number of Topliss-reactive ketones (excluding diaryl/α,β-unsaturated/α-hetero) is 1. The number of carboxylic acids is 1. The highest BCUT2D eigenvalue weighted by Gasteiger charge is 2.53. The quantitative estimate of drug-likeness (QED) is 0.630. The number of carbonyl (C=O) groups excluding carboxylic acids is 2. The van der Waals surface area contributed by atoms with Crippen LogP contribution in [0.25, 0.3) is 0 Å². The number of aliphatic carboxylic acids is 1. The molecule has 1 rings (SSSR count). The third-order valence-corrected chi connectivity index (χ3v) is 4.19. The molecule has 0 spiro atoms. The Bertz CT molecular complexity index is 426. The maximum atomic E-state index is 12.8. The first-order chi connectivity index (χ1) is 9.78. The van der Waals surface area contributed by atoms with Crippen molar-refractivity contribution in [2.75, 3.05) is 7.11 Å². The monoisotopic (exact) mass is 300 g/mol. The summed E-state index contributed by atoms with van der Waals surface area (Å²) in [6.07, 6.45) is 0.716. The van der Waals surface area contributed by atoms with E-state index in [1.54, 1.807) is 6.92 Å². The van der Waals surface area contributed by atoms with E-state index in [1.165, 1.54) is 7.11 Å². The maximum Gasteiger partial charge on any atom is 0.407 e. The predicted octanol–water partition coefficient (Wildman–Crippen LogP) is 0.922. The van der Waals surface area contributed by atoms with Gasteiger partial charge in [-0.1, -0.05) is 20.3 Å². The minimum Gasteiger partial charge on any atom is -0.480 e. The first-order valence-corrected chi connectivity index (χ1v) is 7.18. The zero-order valence-corrected chi connectivity index (χ0v) is 12.9. The Morgan fingerprint density at radius 2 is 2.10 bits per heavy atom. The van der Waals surface area contributed by atoms with Crippen LogP contribution < -0.4 is 10.6 Å². The number of hydrogen-bond acceptors (Lipinski definition) is 5. The highest BCUT2D eigenvalue weighted by Crippen LogP contribution is 2.28. The average Bonchev–Trinajstić information content (AvgIpc) is 2.86. The van der Waals surface area contributed by atoms with Crippen LogP contribution in [-0.2, 0) is 14.3 Å². The van der Waals surface area contributed by atoms with Crippen molar-refractivity contribution in [3.63, 3.8) is 0 Å². The molecule has 7 heteroatoms. The van der Waals surface area contributed by atoms with Gasteiger partial charge in [-0.15, -0.1) is 0 Å². The molecule has 0 aromatic heterocycles. The smallest absolute Gasteiger partial charge is 0.407 e. The Hall–Kier alpha value is -1.63. The Labute approximate surface area is 124 Å². The van der Waals surface area contributed by atoms with Crippen molar-refractivity contribution >= 4 is 17.8 Å². The molecule has 0 bridgehead atoms. The van der Waals surface area contributed by atoms with Crippen LogP contribution in [0.5, 0.6) is 0 Å². The zero-order valence-electron chi connectivity index (χ0n) is 12.9. The van der Waals surface area contributed by atoms with Crippen LogP contribution in [0.3, 0.4) is 0 Å². The second-order valence-electron chi connectivity index (χ2n) is 5.66. The molecule has 0 radical (unpaired) electrons. The van der Waals surface area contributed by atoms with E-state index in [2.05, 4.69) is 15.4 Å². The first kappa shape index (κ1) is 17.4. The molecule has 7 nitrogen and oxygen atoms in total. The Balaban J connectivity index is 3.07. The summed E-state index contributed by atoms with van der Waals surface area (Å²) in [6.45, 7) is 5.51. The molecule has 2 unspecified atom stereocenters. The predicted molar refractivity (Wildman–Crippen MR) is 76.0 cm³/mol. The maximum absolute atomic E-state index is 12.8. The van der Waals surface area contributed by atoms with E-state index in [4.69, 9.17) is 0 Å². The van der Waals surface area contributed by atoms with Gasteiger partial charge in [0.2, 0.25) is 0 Å². The number of methoxy groups -OCH3 is 1. The van der Waals surface area contributed by atoms with Crippen molar-refractivity contribution < 1.29 is 24.2 Å². The summed E-state index contributed by atoms with van der Waals surface area (Å²) in [4.78, 5) is 35.9. The van der Waals surface area contributed by atoms with Gasteiger partial charge < -0.3 is 15.2 Å². The molecule has 1 saturated heterocycles. The van der Waals surface area contributed by atoms with E-state index in [0.717, 1.165) is 0 Å². The van der Waals surface area contributed by atoms with Crippen molar-refractivity contribution in [1.82, 2.24) is 10.6 Å². The van der Waals surface area contributed by atoms with Crippen LogP contribution in [0.4, 0.5) is 4.79 Å². The molecule has 0 saturated carbocycles. The minimum absolute atomic E-state index is 0.0549. The average molecular weight is 300 g/mol. The Kier molecular flexibility index (Phi) is 5.71. The second kappa shape index (κ2) is 6.89. The van der Waals surface area contributed by atoms with Crippen molar-refractivity contribution in [2.45, 2.75) is 57.7 Å². The molecule has 0 aromatic carbocycles. The molecular weight excluding hydrogens is 276 g/mol. The van der Waals surface area contributed by atoms with Crippen LogP contribution in [0.2, 0.25) is 0 Å². The lowest BCUT2D eigenvalue weighted by Crippen LogP contribution is -2.63. The molecule has 120 valence electrons. The van der Waals surface area contributed by atoms with Crippen molar-refractivity contribution in [2.24, 2.45) is 5.92 Å². The van der Waals surface area contributed by atoms with E-state index < -0.39 is 29.4 Å². The fraction of sp³-hybridized carbons (Fsp3) is 0.786. The summed E-state index contributed by atoms with van der Waals surface area (Å²) in [7, 11) is 1.20. The number of ketones is 1. The summed E-state index contributed by atoms with van der Waals surface area (Å²) >= 11 is 0. The largest absolute Gasteiger partial charge is 0.480 e. The lowest BCUT2D eigenvalue weighted by Gasteiger charge is -2.31. The molecule has 0 aliphatic carbocycles. The molecule has 1 heterocycles. The lowest BCUT2D eigenvalue weighted by atomic mass is 9.82. The van der Waals surface area contributed by atoms with E-state index in [0.29, 0.717) is 12.8 Å². The van der Waals surface area contributed by atoms with E-state index >= 15 is 0 Å². The van der Waals surface area contributed by atoms with Gasteiger partial charge in [-0.05, 0) is 25.7 Å². The van der Waals surface area contributed by atoms with Crippen LogP contribution in [-0.4, -0.2) is 47.7 Å². The van der Waals surface area contributed by atoms with Crippen LogP contribution in [0, 0.1) is 5.92 Å². The summed E-state index contributed by atoms with van der Waals surface area (Å²) < 4.78 is 4.53. The summed E-state index contributed by atoms with van der Waals surface area (Å²) in [6, 6.07) is -0.947. The molecule has 1 aliphatic heterocycles. The van der Waals surface area contributed by atoms with Crippen molar-refractivity contribution in [1.29, 1.82) is 0 Å². The lowest BCUT2D eigenvalue weighted by molar-refractivity contribution is -0.150. The third kappa shape index (κ3) is 3.53. The van der Waals surface area contributed by atoms with Gasteiger partial charge >= 0.3 is 12.1 Å². The summed E-state index contributed by atoms with van der Waals surface area (Å²) in [5.74, 6) is -1.90. The van der Waals surface area contributed by atoms with Gasteiger partial charge in [-0.3, -0.25) is 10.1 Å². The third-order valence-electron chi connectivity index (χ3n) is 4.19. The van der Waals surface area contributed by atoms with E-state index in [9.17, 15) is 19.5 Å². The molecule has 1 fully saturated rings. The number of rotatable bonds is 6. The van der Waals surface area contributed by atoms with Crippen molar-refractivity contribution in [3.8, 4) is 0 Å². The molecule has 3 N–H and O–H groups in total. The van der Waals surface area contributed by atoms with Crippen LogP contribution in [0.15, 0.2) is 0 Å². The molecule has 0 aromatic rings. The summed E-state index contributed by atoms with van der Waals surface area (Å²) in [5, 5.41) is 14.9. The molecule has 21 heavy (non-hydrogen) atoms. The zero-order chi connectivity index (χ0) is 16.2. The number of nitrogens with one attached hydrogen (secondary N) is 2.